The molecule has 2 bridgehead atoms. The molecule has 4 nitrogen and oxygen atoms in total. The predicted octanol–water partition coefficient (Wildman–Crippen LogP) is 5.50. The van der Waals surface area contributed by atoms with Crippen molar-refractivity contribution >= 4 is 11.9 Å². The van der Waals surface area contributed by atoms with E-state index in [9.17, 15) is 9.59 Å². The number of hydrogen-bond donors (Lipinski definition) is 0. The van der Waals surface area contributed by atoms with Crippen LogP contribution in [0.25, 0.3) is 0 Å². The van der Waals surface area contributed by atoms with Gasteiger partial charge in [-0.05, 0) is 28.7 Å². The van der Waals surface area contributed by atoms with Crippen molar-refractivity contribution in [3.63, 3.8) is 0 Å². The molecule has 0 aromatic heterocycles. The largest absolute Gasteiger partial charge is 0.469 e. The molecular weight excluding hydrogens is 484 g/mol. The molecule has 39 heavy (non-hydrogen) atoms. The molecule has 0 aliphatic heterocycles. The third-order valence-corrected chi connectivity index (χ3v) is 11.1. The van der Waals surface area contributed by atoms with Crippen LogP contribution in [0, 0.1) is 10.8 Å². The van der Waals surface area contributed by atoms with Crippen LogP contribution >= 0.6 is 0 Å². The zero-order valence-electron chi connectivity index (χ0n) is 21.9. The lowest BCUT2D eigenvalue weighted by molar-refractivity contribution is -0.172. The van der Waals surface area contributed by atoms with Crippen LogP contribution in [0.3, 0.4) is 0 Å². The maximum atomic E-state index is 14.5. The molecule has 4 heteroatoms. The van der Waals surface area contributed by atoms with Gasteiger partial charge in [-0.25, -0.2) is 0 Å². The van der Waals surface area contributed by atoms with Crippen LogP contribution in [-0.4, -0.2) is 26.2 Å². The van der Waals surface area contributed by atoms with E-state index >= 15 is 0 Å². The van der Waals surface area contributed by atoms with Crippen molar-refractivity contribution in [1.29, 1.82) is 0 Å². The summed E-state index contributed by atoms with van der Waals surface area (Å²) in [7, 11) is 2.90. The van der Waals surface area contributed by atoms with E-state index in [0.29, 0.717) is 6.42 Å². The fourth-order valence-corrected chi connectivity index (χ4v) is 11.0. The highest BCUT2D eigenvalue weighted by molar-refractivity contribution is 6.16. The van der Waals surface area contributed by atoms with E-state index in [1.165, 1.54) is 14.2 Å². The summed E-state index contributed by atoms with van der Waals surface area (Å²) in [5, 5.41) is 0. The lowest BCUT2D eigenvalue weighted by Crippen LogP contribution is -2.58. The van der Waals surface area contributed by atoms with Gasteiger partial charge in [0, 0.05) is 21.7 Å². The van der Waals surface area contributed by atoms with Crippen LogP contribution < -0.4 is 0 Å². The average molecular weight is 513 g/mol. The molecule has 0 N–H and O–H groups in total. The lowest BCUT2D eigenvalue weighted by atomic mass is 9.52. The zero-order valence-corrected chi connectivity index (χ0v) is 21.9. The highest BCUT2D eigenvalue weighted by atomic mass is 16.5. The van der Waals surface area contributed by atoms with E-state index in [1.54, 1.807) is 0 Å². The number of ether oxygens (including phenoxy) is 2. The fourth-order valence-electron chi connectivity index (χ4n) is 11.0. The van der Waals surface area contributed by atoms with Gasteiger partial charge in [-0.2, -0.15) is 0 Å². The van der Waals surface area contributed by atoms with E-state index in [4.69, 9.17) is 9.47 Å². The molecule has 0 heterocycles. The first-order valence-corrected chi connectivity index (χ1v) is 13.5. The van der Waals surface area contributed by atoms with E-state index in [0.717, 1.165) is 22.3 Å². The van der Waals surface area contributed by atoms with Crippen molar-refractivity contribution in [3.8, 4) is 0 Å². The van der Waals surface area contributed by atoms with Crippen LogP contribution in [-0.2, 0) is 40.7 Å². The van der Waals surface area contributed by atoms with Crippen LogP contribution in [0.5, 0.6) is 0 Å². The smallest absolute Gasteiger partial charge is 0.314 e. The molecule has 4 unspecified atom stereocenters. The number of carbonyl (C=O) groups excluding carboxylic acids is 2. The van der Waals surface area contributed by atoms with Crippen LogP contribution in [0.1, 0.15) is 28.7 Å². The third kappa shape index (κ3) is 1.70. The maximum absolute atomic E-state index is 14.5. The molecule has 5 fully saturated rings. The first-order chi connectivity index (χ1) is 19.1. The van der Waals surface area contributed by atoms with Crippen molar-refractivity contribution in [2.75, 3.05) is 14.2 Å². The number of carbonyl (C=O) groups is 2. The summed E-state index contributed by atoms with van der Waals surface area (Å²) in [4.78, 5) is 29.1. The minimum Gasteiger partial charge on any atom is -0.469 e. The van der Waals surface area contributed by atoms with Crippen LogP contribution in [0.15, 0.2) is 121 Å². The lowest BCUT2D eigenvalue weighted by Gasteiger charge is -2.47. The van der Waals surface area contributed by atoms with E-state index < -0.39 is 32.5 Å². The summed E-state index contributed by atoms with van der Waals surface area (Å²) < 4.78 is 11.4. The second-order valence-electron chi connectivity index (χ2n) is 11.4. The second kappa shape index (κ2) is 6.87. The third-order valence-electron chi connectivity index (χ3n) is 11.1. The Balaban J connectivity index is 1.61. The van der Waals surface area contributed by atoms with E-state index in [2.05, 4.69) is 48.5 Å². The number of benzene rings is 4. The van der Waals surface area contributed by atoms with Crippen molar-refractivity contribution in [3.05, 3.63) is 144 Å². The number of hydrogen-bond acceptors (Lipinski definition) is 4. The number of esters is 2. The molecular formula is C35H28O4. The summed E-state index contributed by atoms with van der Waals surface area (Å²) in [5.41, 5.74) is -0.683. The molecule has 0 saturated heterocycles. The quantitative estimate of drug-likeness (QED) is 0.320. The fraction of sp³-hybridized carbons (Fsp3) is 0.257. The predicted molar refractivity (Wildman–Crippen MR) is 146 cm³/mol. The number of rotatable bonds is 6. The average Bonchev–Trinajstić information content (AvgIpc) is 3.61. The van der Waals surface area contributed by atoms with E-state index in [-0.39, 0.29) is 11.9 Å². The zero-order chi connectivity index (χ0) is 26.7. The van der Waals surface area contributed by atoms with Gasteiger partial charge in [0.2, 0.25) is 0 Å². The summed E-state index contributed by atoms with van der Waals surface area (Å²) in [6, 6.07) is 41.3. The van der Waals surface area contributed by atoms with Gasteiger partial charge in [-0.3, -0.25) is 9.59 Å². The van der Waals surface area contributed by atoms with Gasteiger partial charge in [0.15, 0.2) is 0 Å². The monoisotopic (exact) mass is 512 g/mol. The van der Waals surface area contributed by atoms with Crippen LogP contribution in [0.4, 0.5) is 0 Å². The minimum atomic E-state index is -1.12. The van der Waals surface area contributed by atoms with Gasteiger partial charge >= 0.3 is 11.9 Å². The van der Waals surface area contributed by atoms with Gasteiger partial charge in [0.1, 0.15) is 10.8 Å². The van der Waals surface area contributed by atoms with Gasteiger partial charge in [-0.15, -0.1) is 0 Å². The summed E-state index contributed by atoms with van der Waals surface area (Å²) in [5.74, 6) is -0.662. The molecule has 9 rings (SSSR count). The van der Waals surface area contributed by atoms with Gasteiger partial charge in [0.25, 0.3) is 0 Å². The molecule has 0 spiro atoms. The van der Waals surface area contributed by atoms with Gasteiger partial charge in [0.05, 0.1) is 14.2 Å². The SMILES string of the molecule is COC(=O)C12C3(C(=O)OC)C4(c5ccccc5)C1(c1ccccc1)[C@]2(c1ccccc1)C[C@@]34c1ccccc1. The summed E-state index contributed by atoms with van der Waals surface area (Å²) in [6.45, 7) is 0. The summed E-state index contributed by atoms with van der Waals surface area (Å²) >= 11 is 0. The second-order valence-corrected chi connectivity index (χ2v) is 11.4. The van der Waals surface area contributed by atoms with Gasteiger partial charge < -0.3 is 9.47 Å². The molecule has 4 aromatic rings. The standard InChI is InChI=1S/C35H28O4/c1-38-28(36)34-30(24-15-7-3-8-16-24)23-31(25-17-9-4-10-18-25)33(27-21-13-6-14-22-27,35(31,34)29(37)39-2)32(30,34)26-19-11-5-12-20-26/h3-22H,23H2,1-2H3/t30-,31+,32?,33?,34?,35?. The topological polar surface area (TPSA) is 52.6 Å². The normalized spacial score (nSPS) is 37.7. The highest BCUT2D eigenvalue weighted by Crippen LogP contribution is 3.21. The Morgan fingerprint density at radius 2 is 0.769 bits per heavy atom. The molecule has 5 saturated carbocycles. The molecule has 0 amide bonds. The minimum absolute atomic E-state index is 0.331. The first-order valence-electron chi connectivity index (χ1n) is 13.5. The Kier molecular flexibility index (Phi) is 4.01. The van der Waals surface area contributed by atoms with Crippen molar-refractivity contribution < 1.29 is 19.1 Å². The molecule has 5 aliphatic carbocycles. The Morgan fingerprint density at radius 1 is 0.487 bits per heavy atom. The van der Waals surface area contributed by atoms with Crippen molar-refractivity contribution in [2.24, 2.45) is 10.8 Å². The van der Waals surface area contributed by atoms with Gasteiger partial charge in [-0.1, -0.05) is 121 Å². The van der Waals surface area contributed by atoms with E-state index in [1.807, 2.05) is 72.8 Å². The Hall–Kier alpha value is -4.18. The highest BCUT2D eigenvalue weighted by Gasteiger charge is 3.31. The summed E-state index contributed by atoms with van der Waals surface area (Å²) in [6.07, 6.45) is 0.641. The number of methoxy groups -OCH3 is 2. The molecule has 192 valence electrons. The molecule has 4 aromatic carbocycles. The van der Waals surface area contributed by atoms with Crippen LogP contribution in [0.2, 0.25) is 0 Å². The molecule has 5 aliphatic rings. The van der Waals surface area contributed by atoms with Crippen molar-refractivity contribution in [1.82, 2.24) is 0 Å². The maximum Gasteiger partial charge on any atom is 0.314 e. The Morgan fingerprint density at radius 3 is 1.05 bits per heavy atom. The Labute approximate surface area is 227 Å². The van der Waals surface area contributed by atoms with Crippen molar-refractivity contribution in [2.45, 2.75) is 28.1 Å². The first kappa shape index (κ1) is 22.8. The molecule has 0 radical (unpaired) electrons. The molecule has 6 atom stereocenters. The Bertz CT molecular complexity index is 1530.